The summed E-state index contributed by atoms with van der Waals surface area (Å²) in [6, 6.07) is 10.7. The van der Waals surface area contributed by atoms with E-state index < -0.39 is 0 Å². The van der Waals surface area contributed by atoms with Crippen LogP contribution >= 0.6 is 0 Å². The number of aromatic nitrogens is 2. The van der Waals surface area contributed by atoms with Crippen LogP contribution in [-0.4, -0.2) is 21.0 Å². The highest BCUT2D eigenvalue weighted by atomic mass is 16.3. The zero-order valence-corrected chi connectivity index (χ0v) is 13.8. The van der Waals surface area contributed by atoms with Crippen molar-refractivity contribution in [2.24, 2.45) is 5.92 Å². The number of phenolic OH excluding ortho intramolecular Hbond substituents is 1. The third-order valence-electron chi connectivity index (χ3n) is 4.01. The Morgan fingerprint density at radius 1 is 1.25 bits per heavy atom. The van der Waals surface area contributed by atoms with E-state index in [0.717, 1.165) is 11.8 Å². The largest absolute Gasteiger partial charge is 0.505 e. The van der Waals surface area contributed by atoms with Crippen LogP contribution in [0.2, 0.25) is 0 Å². The molecular formula is C19H21N3O2. The number of carbonyl (C=O) groups excluding carboxylic acids is 1. The molecule has 1 atom stereocenters. The normalized spacial score (nSPS) is 12.5. The molecule has 3 rings (SSSR count). The summed E-state index contributed by atoms with van der Waals surface area (Å²) in [6.45, 7) is 4.17. The molecule has 0 radical (unpaired) electrons. The molecule has 1 aromatic carbocycles. The standard InChI is InChI=1S/C19H21N3O2/c1-12(2)11-16(22-19(24)15-6-4-9-20-15)14-8-7-13-5-3-10-21-17(13)18(14)23/h3-10,12,16,20,23H,11H2,1-2H3,(H,22,24). The van der Waals surface area contributed by atoms with Crippen LogP contribution in [0.25, 0.3) is 10.9 Å². The highest BCUT2D eigenvalue weighted by Gasteiger charge is 2.21. The van der Waals surface area contributed by atoms with Crippen molar-refractivity contribution < 1.29 is 9.90 Å². The monoisotopic (exact) mass is 323 g/mol. The number of rotatable bonds is 5. The van der Waals surface area contributed by atoms with E-state index in [1.165, 1.54) is 0 Å². The fourth-order valence-corrected chi connectivity index (χ4v) is 2.87. The minimum atomic E-state index is -0.285. The number of H-pyrrole nitrogens is 1. The fraction of sp³-hybridized carbons (Fsp3) is 0.263. The predicted octanol–water partition coefficient (Wildman–Crippen LogP) is 3.79. The summed E-state index contributed by atoms with van der Waals surface area (Å²) >= 11 is 0. The lowest BCUT2D eigenvalue weighted by molar-refractivity contribution is 0.0927. The van der Waals surface area contributed by atoms with Gasteiger partial charge in [-0.05, 0) is 30.5 Å². The van der Waals surface area contributed by atoms with Gasteiger partial charge in [0.1, 0.15) is 17.0 Å². The van der Waals surface area contributed by atoms with Gasteiger partial charge in [0.25, 0.3) is 5.91 Å². The average molecular weight is 323 g/mol. The Morgan fingerprint density at radius 2 is 2.08 bits per heavy atom. The first kappa shape index (κ1) is 16.1. The molecule has 5 nitrogen and oxygen atoms in total. The van der Waals surface area contributed by atoms with Gasteiger partial charge in [0.05, 0.1) is 6.04 Å². The molecule has 0 spiro atoms. The van der Waals surface area contributed by atoms with Crippen molar-refractivity contribution in [2.45, 2.75) is 26.3 Å². The minimum Gasteiger partial charge on any atom is -0.505 e. The van der Waals surface area contributed by atoms with Crippen LogP contribution in [-0.2, 0) is 0 Å². The SMILES string of the molecule is CC(C)CC(NC(=O)c1ccc[nH]1)c1ccc2cccnc2c1O. The van der Waals surface area contributed by atoms with Gasteiger partial charge in [-0.15, -0.1) is 0 Å². The predicted molar refractivity (Wildman–Crippen MR) is 93.9 cm³/mol. The van der Waals surface area contributed by atoms with Gasteiger partial charge in [-0.1, -0.05) is 32.0 Å². The maximum absolute atomic E-state index is 12.4. The van der Waals surface area contributed by atoms with Crippen molar-refractivity contribution in [3.63, 3.8) is 0 Å². The molecule has 0 saturated carbocycles. The Labute approximate surface area is 140 Å². The van der Waals surface area contributed by atoms with Crippen LogP contribution in [0.1, 0.15) is 42.4 Å². The summed E-state index contributed by atoms with van der Waals surface area (Å²) < 4.78 is 0. The molecule has 3 N–H and O–H groups in total. The maximum Gasteiger partial charge on any atom is 0.268 e. The molecule has 0 fully saturated rings. The molecule has 3 aromatic rings. The Hall–Kier alpha value is -2.82. The van der Waals surface area contributed by atoms with E-state index in [-0.39, 0.29) is 17.7 Å². The Balaban J connectivity index is 1.96. The maximum atomic E-state index is 12.4. The number of fused-ring (bicyclic) bond motifs is 1. The molecule has 2 heterocycles. The van der Waals surface area contributed by atoms with Crippen LogP contribution < -0.4 is 5.32 Å². The number of phenols is 1. The second kappa shape index (κ2) is 6.74. The Kier molecular flexibility index (Phi) is 4.51. The van der Waals surface area contributed by atoms with Crippen LogP contribution in [0.5, 0.6) is 5.75 Å². The van der Waals surface area contributed by atoms with Gasteiger partial charge in [-0.2, -0.15) is 0 Å². The number of aromatic hydroxyl groups is 1. The third-order valence-corrected chi connectivity index (χ3v) is 4.01. The molecule has 0 saturated heterocycles. The number of benzene rings is 1. The van der Waals surface area contributed by atoms with Gasteiger partial charge >= 0.3 is 0 Å². The molecule has 1 amide bonds. The van der Waals surface area contributed by atoms with Crippen LogP contribution in [0.3, 0.4) is 0 Å². The molecule has 1 unspecified atom stereocenters. The first-order valence-electron chi connectivity index (χ1n) is 8.07. The second-order valence-electron chi connectivity index (χ2n) is 6.32. The topological polar surface area (TPSA) is 78.0 Å². The van der Waals surface area contributed by atoms with Crippen LogP contribution in [0, 0.1) is 5.92 Å². The molecule has 0 bridgehead atoms. The first-order chi connectivity index (χ1) is 11.6. The van der Waals surface area contributed by atoms with Crippen molar-refractivity contribution in [3.8, 4) is 5.75 Å². The second-order valence-corrected chi connectivity index (χ2v) is 6.32. The quantitative estimate of drug-likeness (QED) is 0.668. The van der Waals surface area contributed by atoms with Gasteiger partial charge in [-0.25, -0.2) is 0 Å². The highest BCUT2D eigenvalue weighted by Crippen LogP contribution is 2.34. The zero-order valence-electron chi connectivity index (χ0n) is 13.8. The minimum absolute atomic E-state index is 0.130. The third kappa shape index (κ3) is 3.25. The molecule has 2 aromatic heterocycles. The summed E-state index contributed by atoms with van der Waals surface area (Å²) in [6.07, 6.45) is 4.09. The van der Waals surface area contributed by atoms with Crippen molar-refractivity contribution in [1.29, 1.82) is 0 Å². The van der Waals surface area contributed by atoms with E-state index in [1.807, 2.05) is 24.3 Å². The summed E-state index contributed by atoms with van der Waals surface area (Å²) in [5.74, 6) is 0.300. The zero-order chi connectivity index (χ0) is 17.1. The fourth-order valence-electron chi connectivity index (χ4n) is 2.87. The van der Waals surface area contributed by atoms with Crippen molar-refractivity contribution in [3.05, 3.63) is 60.0 Å². The Bertz CT molecular complexity index is 841. The van der Waals surface area contributed by atoms with Gasteiger partial charge in [-0.3, -0.25) is 9.78 Å². The summed E-state index contributed by atoms with van der Waals surface area (Å²) in [4.78, 5) is 19.6. The summed E-state index contributed by atoms with van der Waals surface area (Å²) in [7, 11) is 0. The lowest BCUT2D eigenvalue weighted by Gasteiger charge is -2.22. The highest BCUT2D eigenvalue weighted by molar-refractivity contribution is 5.93. The lowest BCUT2D eigenvalue weighted by Crippen LogP contribution is -2.29. The molecule has 0 aliphatic rings. The van der Waals surface area contributed by atoms with Gasteiger partial charge in [0.15, 0.2) is 0 Å². The summed E-state index contributed by atoms with van der Waals surface area (Å²) in [5.41, 5.74) is 1.75. The number of hydrogen-bond donors (Lipinski definition) is 3. The molecule has 0 aliphatic carbocycles. The van der Waals surface area contributed by atoms with E-state index in [2.05, 4.69) is 29.1 Å². The van der Waals surface area contributed by atoms with Crippen molar-refractivity contribution in [2.75, 3.05) is 0 Å². The average Bonchev–Trinajstić information content (AvgIpc) is 3.09. The van der Waals surface area contributed by atoms with Gasteiger partial charge in [0, 0.05) is 23.3 Å². The number of nitrogens with one attached hydrogen (secondary N) is 2. The van der Waals surface area contributed by atoms with Gasteiger partial charge in [0.2, 0.25) is 0 Å². The van der Waals surface area contributed by atoms with Crippen molar-refractivity contribution in [1.82, 2.24) is 15.3 Å². The number of carbonyl (C=O) groups is 1. The molecule has 0 aliphatic heterocycles. The Morgan fingerprint density at radius 3 is 2.79 bits per heavy atom. The number of hydrogen-bond acceptors (Lipinski definition) is 3. The number of nitrogens with zero attached hydrogens (tertiary/aromatic N) is 1. The van der Waals surface area contributed by atoms with Gasteiger partial charge < -0.3 is 15.4 Å². The van der Waals surface area contributed by atoms with E-state index in [1.54, 1.807) is 24.5 Å². The van der Waals surface area contributed by atoms with E-state index in [4.69, 9.17) is 0 Å². The molecule has 24 heavy (non-hydrogen) atoms. The first-order valence-corrected chi connectivity index (χ1v) is 8.07. The summed E-state index contributed by atoms with van der Waals surface area (Å²) in [5, 5.41) is 14.5. The smallest absolute Gasteiger partial charge is 0.268 e. The molecular weight excluding hydrogens is 302 g/mol. The van der Waals surface area contributed by atoms with Crippen LogP contribution in [0.4, 0.5) is 0 Å². The van der Waals surface area contributed by atoms with Crippen molar-refractivity contribution >= 4 is 16.8 Å². The number of pyridine rings is 1. The lowest BCUT2D eigenvalue weighted by atomic mass is 9.95. The van der Waals surface area contributed by atoms with E-state index in [0.29, 0.717) is 22.7 Å². The van der Waals surface area contributed by atoms with E-state index in [9.17, 15) is 9.90 Å². The van der Waals surface area contributed by atoms with E-state index >= 15 is 0 Å². The number of amides is 1. The van der Waals surface area contributed by atoms with Crippen LogP contribution in [0.15, 0.2) is 48.8 Å². The molecule has 124 valence electrons. The molecule has 5 heteroatoms. The number of aromatic amines is 1.